The van der Waals surface area contributed by atoms with Gasteiger partial charge in [-0.15, -0.1) is 0 Å². The second kappa shape index (κ2) is 14.6. The summed E-state index contributed by atoms with van der Waals surface area (Å²) in [5, 5.41) is 17.2. The molecule has 12 nitrogen and oxygen atoms in total. The van der Waals surface area contributed by atoms with Crippen molar-refractivity contribution in [3.05, 3.63) is 59.7 Å². The molecule has 0 aliphatic carbocycles. The van der Waals surface area contributed by atoms with Gasteiger partial charge in [0, 0.05) is 31.0 Å². The molecule has 2 fully saturated rings. The standard InChI is InChI=1S/C33H44N4O8S/c1-5-34-21(4)30-25-16-23(11-12-26(25)35-31(30)39)46(41,42)37(17-20(2)3)18-28(38)27(15-22-9-7-6-8-10-22)36-33(40)45-29-19-44-32-24(29)13-14-43-32/h6-12,16,20,24,27-30,32,38H,5,13-15,17-19H2,1-4H3,(H,35,39)(H,36,40). The van der Waals surface area contributed by atoms with Crippen molar-refractivity contribution in [3.8, 4) is 0 Å². The first-order chi connectivity index (χ1) is 22.0. The summed E-state index contributed by atoms with van der Waals surface area (Å²) in [6.07, 6.45) is -1.90. The Kier molecular flexibility index (Phi) is 10.8. The number of hydrogen-bond acceptors (Lipinski definition) is 9. The summed E-state index contributed by atoms with van der Waals surface area (Å²) in [6, 6.07) is 13.0. The van der Waals surface area contributed by atoms with E-state index < -0.39 is 40.3 Å². The highest BCUT2D eigenvalue weighted by Crippen LogP contribution is 2.36. The second-order valence-corrected chi connectivity index (χ2v) is 14.4. The molecular formula is C33H44N4O8S. The summed E-state index contributed by atoms with van der Waals surface area (Å²) in [5.74, 6) is -1.06. The molecule has 5 rings (SSSR count). The van der Waals surface area contributed by atoms with Crippen molar-refractivity contribution in [1.82, 2.24) is 9.62 Å². The number of aliphatic hydroxyl groups excluding tert-OH is 1. The van der Waals surface area contributed by atoms with Crippen LogP contribution in [-0.4, -0.2) is 92.9 Å². The van der Waals surface area contributed by atoms with Crippen molar-refractivity contribution >= 4 is 33.4 Å². The summed E-state index contributed by atoms with van der Waals surface area (Å²) >= 11 is 0. The number of alkyl carbamates (subject to hydrolysis) is 1. The van der Waals surface area contributed by atoms with E-state index in [0.717, 1.165) is 12.0 Å². The van der Waals surface area contributed by atoms with Crippen LogP contribution in [0.1, 0.15) is 51.2 Å². The van der Waals surface area contributed by atoms with Crippen molar-refractivity contribution in [2.24, 2.45) is 16.8 Å². The summed E-state index contributed by atoms with van der Waals surface area (Å²) < 4.78 is 46.4. The molecule has 0 bridgehead atoms. The SMILES string of the molecule is CCN=C(C)C1C(=O)Nc2ccc(S(=O)(=O)N(CC(C)C)CC(O)C(Cc3ccccc3)NC(=O)OC3COC4OCCC34)cc21. The van der Waals surface area contributed by atoms with Crippen LogP contribution in [-0.2, 0) is 35.4 Å². The van der Waals surface area contributed by atoms with E-state index in [1.54, 1.807) is 13.0 Å². The van der Waals surface area contributed by atoms with Gasteiger partial charge in [-0.05, 0) is 61.9 Å². The number of anilines is 1. The predicted molar refractivity (Wildman–Crippen MR) is 172 cm³/mol. The van der Waals surface area contributed by atoms with Gasteiger partial charge in [0.25, 0.3) is 0 Å². The molecule has 2 aromatic carbocycles. The van der Waals surface area contributed by atoms with Gasteiger partial charge in [-0.3, -0.25) is 9.79 Å². The van der Waals surface area contributed by atoms with Gasteiger partial charge in [-0.1, -0.05) is 44.2 Å². The number of aliphatic imine (C=N–C) groups is 1. The lowest BCUT2D eigenvalue weighted by Gasteiger charge is -2.31. The van der Waals surface area contributed by atoms with Gasteiger partial charge in [-0.2, -0.15) is 4.31 Å². The van der Waals surface area contributed by atoms with Crippen molar-refractivity contribution in [2.45, 2.75) is 75.9 Å². The third kappa shape index (κ3) is 7.60. The minimum absolute atomic E-state index is 0.00597. The van der Waals surface area contributed by atoms with Crippen molar-refractivity contribution < 1.29 is 37.3 Å². The maximum Gasteiger partial charge on any atom is 0.407 e. The zero-order chi connectivity index (χ0) is 33.0. The Morgan fingerprint density at radius 1 is 1.17 bits per heavy atom. The minimum atomic E-state index is -4.14. The highest BCUT2D eigenvalue weighted by atomic mass is 32.2. The highest BCUT2D eigenvalue weighted by molar-refractivity contribution is 7.89. The fourth-order valence-electron chi connectivity index (χ4n) is 6.34. The molecule has 250 valence electrons. The van der Waals surface area contributed by atoms with Crippen LogP contribution in [0.15, 0.2) is 58.4 Å². The number of benzene rings is 2. The second-order valence-electron chi connectivity index (χ2n) is 12.5. The molecule has 2 saturated heterocycles. The largest absolute Gasteiger partial charge is 0.443 e. The Labute approximate surface area is 270 Å². The van der Waals surface area contributed by atoms with Gasteiger partial charge >= 0.3 is 6.09 Å². The number of carbonyl (C=O) groups is 2. The Morgan fingerprint density at radius 3 is 2.65 bits per heavy atom. The normalized spacial score (nSPS) is 24.1. The Bertz CT molecular complexity index is 1530. The Hall–Kier alpha value is -3.36. The van der Waals surface area contributed by atoms with E-state index >= 15 is 0 Å². The first kappa shape index (κ1) is 34.0. The molecule has 2 aromatic rings. The molecule has 46 heavy (non-hydrogen) atoms. The molecule has 2 amide bonds. The number of ether oxygens (including phenoxy) is 3. The molecule has 6 unspecified atom stereocenters. The number of amides is 2. The molecule has 0 radical (unpaired) electrons. The first-order valence-corrected chi connectivity index (χ1v) is 17.3. The highest BCUT2D eigenvalue weighted by Gasteiger charge is 2.44. The molecule has 3 heterocycles. The van der Waals surface area contributed by atoms with Crippen molar-refractivity contribution in [2.75, 3.05) is 38.2 Å². The summed E-state index contributed by atoms with van der Waals surface area (Å²) in [7, 11) is -4.14. The summed E-state index contributed by atoms with van der Waals surface area (Å²) in [4.78, 5) is 30.3. The first-order valence-electron chi connectivity index (χ1n) is 15.9. The summed E-state index contributed by atoms with van der Waals surface area (Å²) in [5.41, 5.74) is 2.54. The number of hydrogen-bond donors (Lipinski definition) is 3. The predicted octanol–water partition coefficient (Wildman–Crippen LogP) is 3.31. The molecule has 3 aliphatic heterocycles. The van der Waals surface area contributed by atoms with Gasteiger partial charge < -0.3 is 30.0 Å². The average Bonchev–Trinajstić information content (AvgIpc) is 3.71. The van der Waals surface area contributed by atoms with E-state index in [1.807, 2.05) is 51.1 Å². The van der Waals surface area contributed by atoms with Crippen LogP contribution in [0.2, 0.25) is 0 Å². The fraction of sp³-hybridized carbons (Fsp3) is 0.545. The van der Waals surface area contributed by atoms with Gasteiger partial charge in [0.15, 0.2) is 6.29 Å². The number of aliphatic hydroxyl groups is 1. The average molecular weight is 657 g/mol. The summed E-state index contributed by atoms with van der Waals surface area (Å²) in [6.45, 7) is 8.51. The van der Waals surface area contributed by atoms with E-state index in [0.29, 0.717) is 30.1 Å². The van der Waals surface area contributed by atoms with Gasteiger partial charge in [-0.25, -0.2) is 13.2 Å². The van der Waals surface area contributed by atoms with Crippen LogP contribution in [0, 0.1) is 11.8 Å². The van der Waals surface area contributed by atoms with E-state index in [2.05, 4.69) is 15.6 Å². The number of carbonyl (C=O) groups excluding carboxylic acids is 2. The van der Waals surface area contributed by atoms with Gasteiger partial charge in [0.2, 0.25) is 15.9 Å². The fourth-order valence-corrected chi connectivity index (χ4v) is 8.00. The molecule has 3 N–H and O–H groups in total. The zero-order valence-corrected chi connectivity index (χ0v) is 27.5. The number of sulfonamides is 1. The topological polar surface area (TPSA) is 156 Å². The lowest BCUT2D eigenvalue weighted by atomic mass is 9.96. The lowest BCUT2D eigenvalue weighted by Crippen LogP contribution is -2.51. The minimum Gasteiger partial charge on any atom is -0.443 e. The van der Waals surface area contributed by atoms with E-state index in [1.165, 1.54) is 16.4 Å². The number of fused-ring (bicyclic) bond motifs is 2. The van der Waals surface area contributed by atoms with E-state index in [-0.39, 0.29) is 55.0 Å². The third-order valence-corrected chi connectivity index (χ3v) is 10.4. The molecule has 6 atom stereocenters. The van der Waals surface area contributed by atoms with E-state index in [9.17, 15) is 23.1 Å². The van der Waals surface area contributed by atoms with Crippen molar-refractivity contribution in [1.29, 1.82) is 0 Å². The van der Waals surface area contributed by atoms with Crippen LogP contribution in [0.25, 0.3) is 0 Å². The Morgan fingerprint density at radius 2 is 1.93 bits per heavy atom. The van der Waals surface area contributed by atoms with Gasteiger partial charge in [0.1, 0.15) is 12.0 Å². The van der Waals surface area contributed by atoms with Crippen LogP contribution in [0.5, 0.6) is 0 Å². The Balaban J connectivity index is 1.37. The molecular weight excluding hydrogens is 612 g/mol. The van der Waals surface area contributed by atoms with Crippen LogP contribution >= 0.6 is 0 Å². The third-order valence-electron chi connectivity index (χ3n) is 8.59. The molecule has 13 heteroatoms. The molecule has 0 aromatic heterocycles. The van der Waals surface area contributed by atoms with Gasteiger partial charge in [0.05, 0.1) is 36.2 Å². The van der Waals surface area contributed by atoms with Crippen LogP contribution < -0.4 is 10.6 Å². The quantitative estimate of drug-likeness (QED) is 0.278. The van der Waals surface area contributed by atoms with Crippen LogP contribution in [0.3, 0.4) is 0 Å². The number of nitrogens with one attached hydrogen (secondary N) is 2. The monoisotopic (exact) mass is 656 g/mol. The zero-order valence-electron chi connectivity index (χ0n) is 26.7. The maximum absolute atomic E-state index is 14.2. The maximum atomic E-state index is 14.2. The molecule has 0 saturated carbocycles. The van der Waals surface area contributed by atoms with Crippen LogP contribution in [0.4, 0.5) is 10.5 Å². The molecule has 3 aliphatic rings. The molecule has 0 spiro atoms. The smallest absolute Gasteiger partial charge is 0.407 e. The number of rotatable bonds is 13. The van der Waals surface area contributed by atoms with E-state index in [4.69, 9.17) is 14.2 Å². The lowest BCUT2D eigenvalue weighted by molar-refractivity contribution is -0.115. The van der Waals surface area contributed by atoms with Crippen molar-refractivity contribution in [3.63, 3.8) is 0 Å². The number of nitrogens with zero attached hydrogens (tertiary/aromatic N) is 2.